The summed E-state index contributed by atoms with van der Waals surface area (Å²) >= 11 is 5.84. The number of nitrogens with zero attached hydrogens (tertiary/aromatic N) is 3. The highest BCUT2D eigenvalue weighted by Crippen LogP contribution is 2.26. The summed E-state index contributed by atoms with van der Waals surface area (Å²) in [6.07, 6.45) is 5.16. The average molecular weight is 390 g/mol. The van der Waals surface area contributed by atoms with E-state index in [-0.39, 0.29) is 18.5 Å². The molecule has 144 valence electrons. The van der Waals surface area contributed by atoms with Gasteiger partial charge in [-0.3, -0.25) is 4.79 Å². The lowest BCUT2D eigenvalue weighted by atomic mass is 9.92. The molecule has 1 fully saturated rings. The number of hydrogen-bond acceptors (Lipinski definition) is 6. The third-order valence-corrected chi connectivity index (χ3v) is 5.13. The number of para-hydroxylation sites is 1. The summed E-state index contributed by atoms with van der Waals surface area (Å²) in [5.41, 5.74) is 0.840. The second-order valence-corrected chi connectivity index (χ2v) is 7.15. The molecule has 1 aromatic carbocycles. The predicted octanol–water partition coefficient (Wildman–Crippen LogP) is 3.53. The van der Waals surface area contributed by atoms with Crippen LogP contribution in [-0.4, -0.2) is 42.2 Å². The molecule has 27 heavy (non-hydrogen) atoms. The highest BCUT2D eigenvalue weighted by atomic mass is 35.5. The fraction of sp³-hybridized carbons (Fsp3) is 0.450. The number of ether oxygens (including phenoxy) is 2. The van der Waals surface area contributed by atoms with Crippen molar-refractivity contribution in [3.05, 3.63) is 47.2 Å². The Kier molecular flexibility index (Phi) is 6.50. The van der Waals surface area contributed by atoms with E-state index in [0.29, 0.717) is 22.6 Å². The SMILES string of the molecule is COc1ccccc1CC(=O)O[C@@H](C)C1CCN(c2ncc(Cl)cn2)CC1. The maximum atomic E-state index is 12.3. The van der Waals surface area contributed by atoms with Gasteiger partial charge in [0, 0.05) is 18.7 Å². The standard InChI is InChI=1S/C20H24ClN3O3/c1-14(27-19(25)11-16-5-3-4-6-18(16)26-2)15-7-9-24(10-8-15)20-22-12-17(21)13-23-20/h3-6,12-15H,7-11H2,1-2H3/t14-/m0/s1. The van der Waals surface area contributed by atoms with E-state index in [0.717, 1.165) is 31.5 Å². The van der Waals surface area contributed by atoms with E-state index in [2.05, 4.69) is 14.9 Å². The number of anilines is 1. The second kappa shape index (κ2) is 9.04. The molecular formula is C20H24ClN3O3. The average Bonchev–Trinajstić information content (AvgIpc) is 2.69. The van der Waals surface area contributed by atoms with Crippen molar-refractivity contribution < 1.29 is 14.3 Å². The number of methoxy groups -OCH3 is 1. The lowest BCUT2D eigenvalue weighted by Gasteiger charge is -2.34. The van der Waals surface area contributed by atoms with Crippen LogP contribution in [0.3, 0.4) is 0 Å². The highest BCUT2D eigenvalue weighted by Gasteiger charge is 2.27. The van der Waals surface area contributed by atoms with Gasteiger partial charge in [-0.25, -0.2) is 9.97 Å². The van der Waals surface area contributed by atoms with Crippen molar-refractivity contribution in [2.75, 3.05) is 25.1 Å². The van der Waals surface area contributed by atoms with E-state index in [9.17, 15) is 4.79 Å². The van der Waals surface area contributed by atoms with Crippen molar-refractivity contribution in [1.29, 1.82) is 0 Å². The Balaban J connectivity index is 1.49. The molecule has 1 aromatic heterocycles. The maximum Gasteiger partial charge on any atom is 0.310 e. The number of halogens is 1. The minimum Gasteiger partial charge on any atom is -0.496 e. The van der Waals surface area contributed by atoms with Crippen LogP contribution in [-0.2, 0) is 16.0 Å². The molecule has 7 heteroatoms. The van der Waals surface area contributed by atoms with Gasteiger partial charge in [-0.2, -0.15) is 0 Å². The second-order valence-electron chi connectivity index (χ2n) is 6.71. The van der Waals surface area contributed by atoms with E-state index < -0.39 is 0 Å². The van der Waals surface area contributed by atoms with Crippen molar-refractivity contribution in [2.45, 2.75) is 32.3 Å². The molecule has 1 aliphatic heterocycles. The van der Waals surface area contributed by atoms with Crippen molar-refractivity contribution in [3.63, 3.8) is 0 Å². The first kappa shape index (κ1) is 19.4. The van der Waals surface area contributed by atoms with Gasteiger partial charge in [0.2, 0.25) is 5.95 Å². The van der Waals surface area contributed by atoms with Gasteiger partial charge in [0.1, 0.15) is 11.9 Å². The Morgan fingerprint density at radius 2 is 1.93 bits per heavy atom. The molecule has 0 aliphatic carbocycles. The molecule has 2 heterocycles. The lowest BCUT2D eigenvalue weighted by Crippen LogP contribution is -2.39. The Morgan fingerprint density at radius 3 is 2.59 bits per heavy atom. The molecule has 3 rings (SSSR count). The fourth-order valence-corrected chi connectivity index (χ4v) is 3.48. The summed E-state index contributed by atoms with van der Waals surface area (Å²) in [6.45, 7) is 3.64. The zero-order chi connectivity index (χ0) is 19.2. The molecule has 2 aromatic rings. The first-order valence-electron chi connectivity index (χ1n) is 9.10. The molecule has 0 unspecified atom stereocenters. The molecule has 0 spiro atoms. The minimum absolute atomic E-state index is 0.125. The Bertz CT molecular complexity index is 761. The number of piperidine rings is 1. The Hall–Kier alpha value is -2.34. The van der Waals surface area contributed by atoms with Crippen molar-refractivity contribution in [2.24, 2.45) is 5.92 Å². The highest BCUT2D eigenvalue weighted by molar-refractivity contribution is 6.30. The van der Waals surface area contributed by atoms with Crippen LogP contribution in [0.15, 0.2) is 36.7 Å². The van der Waals surface area contributed by atoms with Crippen LogP contribution in [0.4, 0.5) is 5.95 Å². The van der Waals surface area contributed by atoms with E-state index in [1.165, 1.54) is 0 Å². The molecule has 0 amide bonds. The summed E-state index contributed by atoms with van der Waals surface area (Å²) in [4.78, 5) is 23.0. The smallest absolute Gasteiger partial charge is 0.310 e. The predicted molar refractivity (Wildman–Crippen MR) is 104 cm³/mol. The quantitative estimate of drug-likeness (QED) is 0.704. The third kappa shape index (κ3) is 5.10. The molecule has 0 saturated carbocycles. The van der Waals surface area contributed by atoms with Gasteiger partial charge < -0.3 is 14.4 Å². The lowest BCUT2D eigenvalue weighted by molar-refractivity contribution is -0.150. The molecular weight excluding hydrogens is 366 g/mol. The van der Waals surface area contributed by atoms with Crippen molar-refractivity contribution in [1.82, 2.24) is 9.97 Å². The van der Waals surface area contributed by atoms with Crippen LogP contribution in [0, 0.1) is 5.92 Å². The number of aromatic nitrogens is 2. The number of carbonyl (C=O) groups is 1. The number of rotatable bonds is 6. The summed E-state index contributed by atoms with van der Waals surface area (Å²) in [5.74, 6) is 1.50. The van der Waals surface area contributed by atoms with Crippen LogP contribution in [0.2, 0.25) is 5.02 Å². The van der Waals surface area contributed by atoms with Crippen molar-refractivity contribution >= 4 is 23.5 Å². The topological polar surface area (TPSA) is 64.6 Å². The molecule has 6 nitrogen and oxygen atoms in total. The molecule has 1 aliphatic rings. The molecule has 1 atom stereocenters. The van der Waals surface area contributed by atoms with Crippen LogP contribution < -0.4 is 9.64 Å². The fourth-order valence-electron chi connectivity index (χ4n) is 3.39. The van der Waals surface area contributed by atoms with Gasteiger partial charge in [0.15, 0.2) is 0 Å². The van der Waals surface area contributed by atoms with E-state index in [1.807, 2.05) is 31.2 Å². The van der Waals surface area contributed by atoms with Gasteiger partial charge in [0.05, 0.1) is 30.9 Å². The van der Waals surface area contributed by atoms with Gasteiger partial charge in [-0.15, -0.1) is 0 Å². The zero-order valence-electron chi connectivity index (χ0n) is 15.6. The first-order chi connectivity index (χ1) is 13.1. The largest absolute Gasteiger partial charge is 0.496 e. The number of benzene rings is 1. The van der Waals surface area contributed by atoms with Crippen LogP contribution >= 0.6 is 11.6 Å². The number of hydrogen-bond donors (Lipinski definition) is 0. The number of carbonyl (C=O) groups excluding carboxylic acids is 1. The van der Waals surface area contributed by atoms with E-state index in [1.54, 1.807) is 19.5 Å². The van der Waals surface area contributed by atoms with E-state index in [4.69, 9.17) is 21.1 Å². The zero-order valence-corrected chi connectivity index (χ0v) is 16.4. The Morgan fingerprint density at radius 1 is 1.26 bits per heavy atom. The monoisotopic (exact) mass is 389 g/mol. The summed E-state index contributed by atoms with van der Waals surface area (Å²) in [7, 11) is 1.60. The van der Waals surface area contributed by atoms with Crippen LogP contribution in [0.5, 0.6) is 5.75 Å². The maximum absolute atomic E-state index is 12.3. The van der Waals surface area contributed by atoms with Gasteiger partial charge in [-0.1, -0.05) is 29.8 Å². The van der Waals surface area contributed by atoms with Gasteiger partial charge >= 0.3 is 5.97 Å². The van der Waals surface area contributed by atoms with Gasteiger partial charge in [-0.05, 0) is 31.7 Å². The summed E-state index contributed by atoms with van der Waals surface area (Å²) in [6, 6.07) is 7.51. The Labute approximate surface area is 164 Å². The van der Waals surface area contributed by atoms with Gasteiger partial charge in [0.25, 0.3) is 0 Å². The van der Waals surface area contributed by atoms with Crippen LogP contribution in [0.1, 0.15) is 25.3 Å². The minimum atomic E-state index is -0.226. The molecule has 0 radical (unpaired) electrons. The van der Waals surface area contributed by atoms with Crippen molar-refractivity contribution in [3.8, 4) is 5.75 Å². The molecule has 0 N–H and O–H groups in total. The van der Waals surface area contributed by atoms with Crippen LogP contribution in [0.25, 0.3) is 0 Å². The first-order valence-corrected chi connectivity index (χ1v) is 9.48. The van der Waals surface area contributed by atoms with E-state index >= 15 is 0 Å². The molecule has 1 saturated heterocycles. The summed E-state index contributed by atoms with van der Waals surface area (Å²) in [5, 5.41) is 0.532. The normalized spacial score (nSPS) is 16.0. The summed E-state index contributed by atoms with van der Waals surface area (Å²) < 4.78 is 11.0. The molecule has 0 bridgehead atoms. The number of esters is 1. The third-order valence-electron chi connectivity index (χ3n) is 4.94.